The monoisotopic (exact) mass is 331 g/mol. The third-order valence-corrected chi connectivity index (χ3v) is 5.00. The molecule has 0 saturated heterocycles. The van der Waals surface area contributed by atoms with E-state index in [2.05, 4.69) is 4.98 Å². The lowest BCUT2D eigenvalue weighted by molar-refractivity contribution is 0.0603. The summed E-state index contributed by atoms with van der Waals surface area (Å²) >= 11 is 0. The summed E-state index contributed by atoms with van der Waals surface area (Å²) in [7, 11) is -2.67. The third kappa shape index (κ3) is 2.42. The number of anilines is 1. The summed E-state index contributed by atoms with van der Waals surface area (Å²) < 4.78 is 31.3. The van der Waals surface area contributed by atoms with Crippen LogP contribution in [0.5, 0.6) is 0 Å². The summed E-state index contributed by atoms with van der Waals surface area (Å²) in [4.78, 5) is 16.1. The van der Waals surface area contributed by atoms with E-state index in [4.69, 9.17) is 10.5 Å². The zero-order valence-corrected chi connectivity index (χ0v) is 12.9. The van der Waals surface area contributed by atoms with E-state index in [-0.39, 0.29) is 16.1 Å². The second-order valence-corrected chi connectivity index (χ2v) is 6.60. The number of benzene rings is 1. The Hall–Kier alpha value is -2.87. The molecule has 3 aromatic rings. The number of esters is 1. The molecule has 23 heavy (non-hydrogen) atoms. The van der Waals surface area contributed by atoms with E-state index >= 15 is 0 Å². The molecule has 0 atom stereocenters. The molecular weight excluding hydrogens is 318 g/mol. The van der Waals surface area contributed by atoms with Crippen LogP contribution in [-0.2, 0) is 14.8 Å². The van der Waals surface area contributed by atoms with Crippen molar-refractivity contribution in [3.63, 3.8) is 0 Å². The van der Waals surface area contributed by atoms with Crippen LogP contribution < -0.4 is 5.73 Å². The molecule has 2 heterocycles. The molecule has 0 aliphatic heterocycles. The van der Waals surface area contributed by atoms with Gasteiger partial charge in [0, 0.05) is 11.6 Å². The van der Waals surface area contributed by atoms with Crippen molar-refractivity contribution in [1.82, 2.24) is 8.96 Å². The molecule has 0 fully saturated rings. The molecule has 2 aromatic heterocycles. The lowest BCUT2D eigenvalue weighted by atomic mass is 10.2. The fourth-order valence-corrected chi connectivity index (χ4v) is 3.60. The van der Waals surface area contributed by atoms with Gasteiger partial charge in [0.25, 0.3) is 10.0 Å². The topological polar surface area (TPSA) is 104 Å². The first-order valence-electron chi connectivity index (χ1n) is 6.60. The number of aromatic nitrogens is 2. The smallest absolute Gasteiger partial charge is 0.340 e. The quantitative estimate of drug-likeness (QED) is 0.732. The first-order valence-corrected chi connectivity index (χ1v) is 8.04. The van der Waals surface area contributed by atoms with Crippen LogP contribution in [0.15, 0.2) is 53.7 Å². The summed E-state index contributed by atoms with van der Waals surface area (Å²) in [6.45, 7) is 0. The summed E-state index contributed by atoms with van der Waals surface area (Å²) in [5.74, 6) is -0.663. The van der Waals surface area contributed by atoms with Gasteiger partial charge in [-0.05, 0) is 18.2 Å². The van der Waals surface area contributed by atoms with Gasteiger partial charge in [-0.25, -0.2) is 22.2 Å². The van der Waals surface area contributed by atoms with Gasteiger partial charge in [0.05, 0.1) is 29.5 Å². The van der Waals surface area contributed by atoms with Crippen molar-refractivity contribution in [3.8, 4) is 0 Å². The van der Waals surface area contributed by atoms with Crippen molar-refractivity contribution in [2.75, 3.05) is 12.8 Å². The van der Waals surface area contributed by atoms with Gasteiger partial charge in [-0.3, -0.25) is 0 Å². The molecule has 7 nitrogen and oxygen atoms in total. The molecule has 2 N–H and O–H groups in total. The number of ether oxygens (including phenoxy) is 1. The minimum absolute atomic E-state index is 0.0850. The van der Waals surface area contributed by atoms with Crippen molar-refractivity contribution in [1.29, 1.82) is 0 Å². The van der Waals surface area contributed by atoms with Crippen LogP contribution in [0.2, 0.25) is 0 Å². The number of rotatable bonds is 3. The summed E-state index contributed by atoms with van der Waals surface area (Å²) in [5.41, 5.74) is 6.21. The van der Waals surface area contributed by atoms with Crippen molar-refractivity contribution >= 4 is 32.7 Å². The van der Waals surface area contributed by atoms with Gasteiger partial charge in [-0.1, -0.05) is 18.2 Å². The lowest BCUT2D eigenvalue weighted by Gasteiger charge is -2.06. The number of nitrogen functional groups attached to an aromatic ring is 1. The number of nitrogens with two attached hydrogens (primary N) is 1. The predicted molar refractivity (Wildman–Crippen MR) is 84.5 cm³/mol. The molecule has 0 aliphatic rings. The molecule has 0 aliphatic carbocycles. The molecule has 0 spiro atoms. The number of pyridine rings is 1. The van der Waals surface area contributed by atoms with Crippen LogP contribution in [0.25, 0.3) is 11.0 Å². The average Bonchev–Trinajstić information content (AvgIpc) is 2.94. The zero-order valence-electron chi connectivity index (χ0n) is 12.1. The van der Waals surface area contributed by atoms with E-state index in [1.54, 1.807) is 18.2 Å². The number of nitrogens with zero attached hydrogens (tertiary/aromatic N) is 2. The molecule has 1 aromatic carbocycles. The predicted octanol–water partition coefficient (Wildman–Crippen LogP) is 1.64. The molecule has 8 heteroatoms. The van der Waals surface area contributed by atoms with E-state index in [0.717, 1.165) is 3.97 Å². The van der Waals surface area contributed by atoms with Crippen LogP contribution in [0, 0.1) is 0 Å². The highest BCUT2D eigenvalue weighted by Crippen LogP contribution is 2.26. The van der Waals surface area contributed by atoms with Crippen LogP contribution in [-0.4, -0.2) is 30.5 Å². The molecule has 3 rings (SSSR count). The second kappa shape index (κ2) is 5.40. The highest BCUT2D eigenvalue weighted by Gasteiger charge is 2.25. The lowest BCUT2D eigenvalue weighted by Crippen LogP contribution is -2.12. The molecule has 0 bridgehead atoms. The number of carbonyl (C=O) groups excluding carboxylic acids is 1. The van der Waals surface area contributed by atoms with Gasteiger partial charge >= 0.3 is 5.97 Å². The number of hydrogen-bond donors (Lipinski definition) is 1. The van der Waals surface area contributed by atoms with Crippen LogP contribution in [0.4, 0.5) is 5.69 Å². The summed E-state index contributed by atoms with van der Waals surface area (Å²) in [6.07, 6.45) is 2.53. The minimum atomic E-state index is -3.89. The SMILES string of the molecule is COC(=O)c1cn(S(=O)(=O)c2ccccc2)c2ncc(N)cc12. The third-order valence-electron chi connectivity index (χ3n) is 3.34. The maximum Gasteiger partial charge on any atom is 0.340 e. The van der Waals surface area contributed by atoms with Gasteiger partial charge in [0.1, 0.15) is 0 Å². The largest absolute Gasteiger partial charge is 0.465 e. The summed E-state index contributed by atoms with van der Waals surface area (Å²) in [5, 5.41) is 0.316. The van der Waals surface area contributed by atoms with Crippen molar-refractivity contribution in [2.45, 2.75) is 4.90 Å². The Balaban J connectivity index is 2.33. The van der Waals surface area contributed by atoms with Crippen LogP contribution in [0.1, 0.15) is 10.4 Å². The van der Waals surface area contributed by atoms with E-state index < -0.39 is 16.0 Å². The number of carbonyl (C=O) groups is 1. The van der Waals surface area contributed by atoms with Gasteiger partial charge in [0.2, 0.25) is 0 Å². The molecular formula is C15H13N3O4S. The Morgan fingerprint density at radius 3 is 2.61 bits per heavy atom. The standard InChI is InChI=1S/C15H13N3O4S/c1-22-15(19)13-9-18(14-12(13)7-10(16)8-17-14)23(20,21)11-5-3-2-4-6-11/h2-9H,16H2,1H3. The number of fused-ring (bicyclic) bond motifs is 1. The Labute approximate surface area is 132 Å². The molecule has 118 valence electrons. The van der Waals surface area contributed by atoms with E-state index in [0.29, 0.717) is 11.1 Å². The van der Waals surface area contributed by atoms with E-state index in [1.165, 1.54) is 37.7 Å². The molecule has 0 radical (unpaired) electrons. The van der Waals surface area contributed by atoms with Crippen molar-refractivity contribution in [3.05, 3.63) is 54.4 Å². The fraction of sp³-hybridized carbons (Fsp3) is 0.0667. The highest BCUT2D eigenvalue weighted by molar-refractivity contribution is 7.90. The molecule has 0 amide bonds. The van der Waals surface area contributed by atoms with Gasteiger partial charge in [-0.15, -0.1) is 0 Å². The first kappa shape index (κ1) is 15.0. The average molecular weight is 331 g/mol. The van der Waals surface area contributed by atoms with Gasteiger partial charge in [0.15, 0.2) is 5.65 Å². The van der Waals surface area contributed by atoms with Crippen molar-refractivity contribution < 1.29 is 17.9 Å². The van der Waals surface area contributed by atoms with Crippen LogP contribution >= 0.6 is 0 Å². The first-order chi connectivity index (χ1) is 10.9. The Morgan fingerprint density at radius 2 is 1.96 bits per heavy atom. The number of methoxy groups -OCH3 is 1. The zero-order chi connectivity index (χ0) is 16.6. The summed E-state index contributed by atoms with van der Waals surface area (Å²) in [6, 6.07) is 9.38. The van der Waals surface area contributed by atoms with Crippen molar-refractivity contribution in [2.24, 2.45) is 0 Å². The Kier molecular flexibility index (Phi) is 3.53. The van der Waals surface area contributed by atoms with E-state index in [1.807, 2.05) is 0 Å². The second-order valence-electron chi connectivity index (χ2n) is 4.79. The van der Waals surface area contributed by atoms with E-state index in [9.17, 15) is 13.2 Å². The Morgan fingerprint density at radius 1 is 1.26 bits per heavy atom. The maximum absolute atomic E-state index is 12.8. The fourth-order valence-electron chi connectivity index (χ4n) is 2.26. The van der Waals surface area contributed by atoms with Gasteiger partial charge < -0.3 is 10.5 Å². The van der Waals surface area contributed by atoms with Gasteiger partial charge in [-0.2, -0.15) is 0 Å². The minimum Gasteiger partial charge on any atom is -0.465 e. The maximum atomic E-state index is 12.8. The number of hydrogen-bond acceptors (Lipinski definition) is 6. The highest BCUT2D eigenvalue weighted by atomic mass is 32.2. The van der Waals surface area contributed by atoms with Crippen LogP contribution in [0.3, 0.4) is 0 Å². The normalized spacial score (nSPS) is 11.5. The molecule has 0 saturated carbocycles. The molecule has 0 unspecified atom stereocenters. The Bertz CT molecular complexity index is 994.